The van der Waals surface area contributed by atoms with Crippen LogP contribution < -0.4 is 20.5 Å². The fourth-order valence-corrected chi connectivity index (χ4v) is 2.98. The maximum atomic E-state index is 11.2. The third kappa shape index (κ3) is 8.96. The highest BCUT2D eigenvalue weighted by Crippen LogP contribution is 2.18. The minimum atomic E-state index is -3.32. The molecule has 2 rings (SSSR count). The topological polar surface area (TPSA) is 106 Å². The highest BCUT2D eigenvalue weighted by molar-refractivity contribution is 14.0. The van der Waals surface area contributed by atoms with Gasteiger partial charge in [-0.1, -0.05) is 12.1 Å². The highest BCUT2D eigenvalue weighted by Gasteiger charge is 2.03. The summed E-state index contributed by atoms with van der Waals surface area (Å²) in [4.78, 5) is 4.22. The molecule has 0 bridgehead atoms. The summed E-state index contributed by atoms with van der Waals surface area (Å²) in [6, 6.07) is 12.8. The molecular weight excluding hydrogens is 479 g/mol. The zero-order valence-electron chi connectivity index (χ0n) is 15.5. The van der Waals surface area contributed by atoms with E-state index in [4.69, 9.17) is 10.5 Å². The molecule has 0 aliphatic rings. The van der Waals surface area contributed by atoms with E-state index in [2.05, 4.69) is 21.1 Å². The van der Waals surface area contributed by atoms with Crippen LogP contribution in [-0.2, 0) is 10.0 Å². The van der Waals surface area contributed by atoms with Crippen molar-refractivity contribution < 1.29 is 13.2 Å². The van der Waals surface area contributed by atoms with E-state index in [9.17, 15) is 8.42 Å². The van der Waals surface area contributed by atoms with Crippen LogP contribution in [0, 0.1) is 13.8 Å². The first-order valence-corrected chi connectivity index (χ1v) is 9.96. The smallest absolute Gasteiger partial charge is 0.229 e. The number of rotatable bonds is 7. The van der Waals surface area contributed by atoms with Crippen LogP contribution in [0.1, 0.15) is 11.1 Å². The minimum absolute atomic E-state index is 0. The lowest BCUT2D eigenvalue weighted by Gasteiger charge is -2.09. The number of halogens is 1. The average Bonchev–Trinajstić information content (AvgIpc) is 2.49. The number of ether oxygens (including phenoxy) is 1. The summed E-state index contributed by atoms with van der Waals surface area (Å²) >= 11 is 0. The van der Waals surface area contributed by atoms with Crippen LogP contribution in [0.3, 0.4) is 0 Å². The van der Waals surface area contributed by atoms with Crippen LogP contribution in [0.4, 0.5) is 11.4 Å². The van der Waals surface area contributed by atoms with Crippen LogP contribution in [0.25, 0.3) is 0 Å². The Morgan fingerprint density at radius 2 is 1.78 bits per heavy atom. The Bertz CT molecular complexity index is 881. The van der Waals surface area contributed by atoms with E-state index in [1.54, 1.807) is 24.3 Å². The Kier molecular flexibility index (Phi) is 8.83. The molecule has 0 saturated heterocycles. The average molecular weight is 504 g/mol. The van der Waals surface area contributed by atoms with Crippen LogP contribution >= 0.6 is 24.0 Å². The van der Waals surface area contributed by atoms with Crippen LogP contribution in [0.2, 0.25) is 0 Å². The number of hydrogen-bond acceptors (Lipinski definition) is 4. The third-order valence-corrected chi connectivity index (χ3v) is 3.88. The van der Waals surface area contributed by atoms with Crippen LogP contribution in [0.15, 0.2) is 47.5 Å². The second kappa shape index (κ2) is 10.4. The number of nitrogens with one attached hydrogen (secondary N) is 2. The van der Waals surface area contributed by atoms with Gasteiger partial charge in [0.2, 0.25) is 10.0 Å². The highest BCUT2D eigenvalue weighted by atomic mass is 127. The van der Waals surface area contributed by atoms with E-state index in [0.717, 1.165) is 23.1 Å². The minimum Gasteiger partial charge on any atom is -0.492 e. The van der Waals surface area contributed by atoms with Gasteiger partial charge in [0.25, 0.3) is 0 Å². The van der Waals surface area contributed by atoms with Gasteiger partial charge in [0.05, 0.1) is 18.5 Å². The Labute approximate surface area is 177 Å². The molecule has 0 aliphatic carbocycles. The fourth-order valence-electron chi connectivity index (χ4n) is 2.43. The molecule has 9 heteroatoms. The van der Waals surface area contributed by atoms with Gasteiger partial charge < -0.3 is 15.8 Å². The largest absolute Gasteiger partial charge is 0.492 e. The number of aliphatic imine (C=N–C) groups is 1. The number of hydrogen-bond donors (Lipinski definition) is 3. The van der Waals surface area contributed by atoms with Crippen molar-refractivity contribution in [2.45, 2.75) is 13.8 Å². The summed E-state index contributed by atoms with van der Waals surface area (Å²) in [5.74, 6) is 0.862. The normalized spacial score (nSPS) is 11.4. The number of sulfonamides is 1. The maximum absolute atomic E-state index is 11.2. The molecule has 0 spiro atoms. The van der Waals surface area contributed by atoms with Gasteiger partial charge in [-0.2, -0.15) is 0 Å². The van der Waals surface area contributed by atoms with E-state index >= 15 is 0 Å². The molecule has 0 amide bonds. The van der Waals surface area contributed by atoms with Crippen molar-refractivity contribution >= 4 is 51.3 Å². The Balaban J connectivity index is 0.00000364. The second-order valence-corrected chi connectivity index (χ2v) is 7.77. The van der Waals surface area contributed by atoms with Gasteiger partial charge >= 0.3 is 0 Å². The quantitative estimate of drug-likeness (QED) is 0.233. The molecular formula is C18H25IN4O3S. The van der Waals surface area contributed by atoms with Crippen molar-refractivity contribution in [1.29, 1.82) is 0 Å². The van der Waals surface area contributed by atoms with Crippen molar-refractivity contribution in [3.05, 3.63) is 53.6 Å². The lowest BCUT2D eigenvalue weighted by Crippen LogP contribution is -2.23. The molecule has 0 saturated carbocycles. The van der Waals surface area contributed by atoms with Crippen molar-refractivity contribution in [3.8, 4) is 5.75 Å². The zero-order valence-corrected chi connectivity index (χ0v) is 18.7. The van der Waals surface area contributed by atoms with E-state index in [0.29, 0.717) is 30.5 Å². The summed E-state index contributed by atoms with van der Waals surface area (Å²) in [5, 5.41) is 3.05. The molecule has 0 unspecified atom stereocenters. The van der Waals surface area contributed by atoms with E-state index in [-0.39, 0.29) is 24.0 Å². The van der Waals surface area contributed by atoms with Gasteiger partial charge in [-0.25, -0.2) is 13.4 Å². The first kappa shape index (κ1) is 23.0. The maximum Gasteiger partial charge on any atom is 0.229 e. The third-order valence-electron chi connectivity index (χ3n) is 3.27. The molecule has 27 heavy (non-hydrogen) atoms. The predicted molar refractivity (Wildman–Crippen MR) is 122 cm³/mol. The Morgan fingerprint density at radius 1 is 1.11 bits per heavy atom. The van der Waals surface area contributed by atoms with Gasteiger partial charge in [-0.3, -0.25) is 4.72 Å². The molecule has 0 radical (unpaired) electrons. The fraction of sp³-hybridized carbons (Fsp3) is 0.278. The predicted octanol–water partition coefficient (Wildman–Crippen LogP) is 3.10. The van der Waals surface area contributed by atoms with Crippen LogP contribution in [0.5, 0.6) is 5.75 Å². The summed E-state index contributed by atoms with van der Waals surface area (Å²) in [5.41, 5.74) is 9.52. The molecule has 0 aromatic heterocycles. The lowest BCUT2D eigenvalue weighted by molar-refractivity contribution is 0.329. The Morgan fingerprint density at radius 3 is 2.41 bits per heavy atom. The van der Waals surface area contributed by atoms with Gasteiger partial charge in [0.15, 0.2) is 5.96 Å². The Hall–Kier alpha value is -2.01. The lowest BCUT2D eigenvalue weighted by atomic mass is 10.1. The number of benzene rings is 2. The zero-order chi connectivity index (χ0) is 19.2. The number of anilines is 2. The summed E-state index contributed by atoms with van der Waals surface area (Å²) in [7, 11) is -3.32. The first-order chi connectivity index (χ1) is 12.2. The van der Waals surface area contributed by atoms with Crippen molar-refractivity contribution in [1.82, 2.24) is 0 Å². The van der Waals surface area contributed by atoms with Crippen molar-refractivity contribution in [3.63, 3.8) is 0 Å². The number of nitrogens with two attached hydrogens (primary N) is 1. The standard InChI is InChI=1S/C18H24N4O3S.HI/c1-13-9-14(2)11-16(10-13)21-18(19)20-7-8-25-17-6-4-5-15(12-17)22-26(3,23)24;/h4-6,9-12,22H,7-8H2,1-3H3,(H3,19,20,21);1H. The van der Waals surface area contributed by atoms with Crippen LogP contribution in [-0.4, -0.2) is 33.8 Å². The SMILES string of the molecule is Cc1cc(C)cc(NC(N)=NCCOc2cccc(NS(C)(=O)=O)c2)c1.I. The number of nitrogens with zero attached hydrogens (tertiary/aromatic N) is 1. The molecule has 4 N–H and O–H groups in total. The molecule has 2 aromatic carbocycles. The van der Waals surface area contributed by atoms with Crippen molar-refractivity contribution in [2.24, 2.45) is 10.7 Å². The van der Waals surface area contributed by atoms with E-state index in [1.807, 2.05) is 26.0 Å². The monoisotopic (exact) mass is 504 g/mol. The molecule has 0 heterocycles. The first-order valence-electron chi connectivity index (χ1n) is 8.07. The molecule has 2 aromatic rings. The number of aryl methyl sites for hydroxylation is 2. The van der Waals surface area contributed by atoms with Gasteiger partial charge in [0.1, 0.15) is 12.4 Å². The summed E-state index contributed by atoms with van der Waals surface area (Å²) in [6.07, 6.45) is 1.10. The van der Waals surface area contributed by atoms with Gasteiger partial charge in [-0.05, 0) is 49.2 Å². The van der Waals surface area contributed by atoms with Gasteiger partial charge in [0, 0.05) is 11.8 Å². The molecule has 7 nitrogen and oxygen atoms in total. The molecule has 0 aliphatic heterocycles. The van der Waals surface area contributed by atoms with Gasteiger partial charge in [-0.15, -0.1) is 24.0 Å². The second-order valence-electron chi connectivity index (χ2n) is 6.02. The van der Waals surface area contributed by atoms with Crippen molar-refractivity contribution in [2.75, 3.05) is 29.4 Å². The summed E-state index contributed by atoms with van der Waals surface area (Å²) < 4.78 is 30.5. The van der Waals surface area contributed by atoms with E-state index < -0.39 is 10.0 Å². The summed E-state index contributed by atoms with van der Waals surface area (Å²) in [6.45, 7) is 4.73. The molecule has 0 atom stereocenters. The van der Waals surface area contributed by atoms with E-state index in [1.165, 1.54) is 0 Å². The number of guanidine groups is 1. The molecule has 148 valence electrons. The molecule has 0 fully saturated rings.